The van der Waals surface area contributed by atoms with Gasteiger partial charge in [0, 0.05) is 5.56 Å². The van der Waals surface area contributed by atoms with E-state index < -0.39 is 48.3 Å². The van der Waals surface area contributed by atoms with Crippen molar-refractivity contribution in [2.24, 2.45) is 10.2 Å². The fourth-order valence-corrected chi connectivity index (χ4v) is 2.34. The molecule has 190 valence electrons. The maximum absolute atomic E-state index is 12.6. The van der Waals surface area contributed by atoms with Crippen molar-refractivity contribution in [3.05, 3.63) is 35.4 Å². The molecule has 6 nitrogen and oxygen atoms in total. The summed E-state index contributed by atoms with van der Waals surface area (Å²) < 4.78 is 111. The van der Waals surface area contributed by atoms with Crippen LogP contribution in [0.5, 0.6) is 0 Å². The van der Waals surface area contributed by atoms with E-state index >= 15 is 0 Å². The first-order chi connectivity index (χ1) is 15.5. The number of nitrogens with one attached hydrogen (secondary N) is 4. The molecule has 17 heteroatoms. The van der Waals surface area contributed by atoms with Crippen molar-refractivity contribution >= 4 is 46.1 Å². The monoisotopic (exact) mass is 540 g/mol. The molecule has 1 aromatic carbocycles. The van der Waals surface area contributed by atoms with Crippen molar-refractivity contribution in [3.8, 4) is 0 Å². The van der Waals surface area contributed by atoms with Gasteiger partial charge in [-0.15, -0.1) is 0 Å². The zero-order valence-corrected chi connectivity index (χ0v) is 18.7. The van der Waals surface area contributed by atoms with Crippen molar-refractivity contribution in [1.29, 1.82) is 0 Å². The van der Waals surface area contributed by atoms with Crippen LogP contribution in [0.15, 0.2) is 34.5 Å². The Balaban J connectivity index is 3.07. The molecule has 0 saturated carbocycles. The third-order valence-electron chi connectivity index (χ3n) is 3.47. The molecule has 0 saturated heterocycles. The maximum Gasteiger partial charge on any atom is 0.405 e. The lowest BCUT2D eigenvalue weighted by Crippen LogP contribution is -2.40. The van der Waals surface area contributed by atoms with Gasteiger partial charge in [-0.3, -0.25) is 10.9 Å². The number of hydrogen-bond donors (Lipinski definition) is 4. The second-order valence-electron chi connectivity index (χ2n) is 6.47. The van der Waals surface area contributed by atoms with Crippen LogP contribution < -0.4 is 21.5 Å². The van der Waals surface area contributed by atoms with E-state index in [0.29, 0.717) is 0 Å². The molecule has 0 aliphatic rings. The largest absolute Gasteiger partial charge is 0.405 e. The van der Waals surface area contributed by atoms with Gasteiger partial charge in [0.05, 0.1) is 12.1 Å². The number of nitrogens with zero attached hydrogens (tertiary/aromatic N) is 2. The number of benzene rings is 1. The van der Waals surface area contributed by atoms with Crippen molar-refractivity contribution in [3.63, 3.8) is 0 Å². The fourth-order valence-electron chi connectivity index (χ4n) is 2.10. The van der Waals surface area contributed by atoms with Crippen LogP contribution in [0, 0.1) is 0 Å². The Kier molecular flexibility index (Phi) is 10.5. The first-order valence-corrected chi connectivity index (χ1v) is 9.76. The summed E-state index contributed by atoms with van der Waals surface area (Å²) in [6, 6.07) is 4.78. The van der Waals surface area contributed by atoms with Crippen molar-refractivity contribution in [1.82, 2.24) is 21.5 Å². The van der Waals surface area contributed by atoms with Gasteiger partial charge >= 0.3 is 18.5 Å². The van der Waals surface area contributed by atoms with E-state index in [1.165, 1.54) is 19.1 Å². The summed E-state index contributed by atoms with van der Waals surface area (Å²) >= 11 is 9.34. The number of thiocarbonyl (C=S) groups is 2. The summed E-state index contributed by atoms with van der Waals surface area (Å²) in [4.78, 5) is 0. The Hall–Kier alpha value is -2.69. The Labute approximate surface area is 198 Å². The van der Waals surface area contributed by atoms with Gasteiger partial charge in [-0.05, 0) is 36.9 Å². The van der Waals surface area contributed by atoms with Crippen LogP contribution in [-0.4, -0.2) is 53.3 Å². The van der Waals surface area contributed by atoms with Gasteiger partial charge < -0.3 is 10.6 Å². The summed E-state index contributed by atoms with van der Waals surface area (Å²) in [6.07, 6.45) is -14.8. The van der Waals surface area contributed by atoms with Gasteiger partial charge in [-0.2, -0.15) is 49.7 Å². The van der Waals surface area contributed by atoms with E-state index in [1.807, 2.05) is 10.6 Å². The molecule has 0 atom stereocenters. The highest BCUT2D eigenvalue weighted by atomic mass is 32.1. The Bertz CT molecular complexity index is 906. The molecular weight excluding hydrogens is 523 g/mol. The highest BCUT2D eigenvalue weighted by Crippen LogP contribution is 2.21. The second kappa shape index (κ2) is 12.1. The average Bonchev–Trinajstić information content (AvgIpc) is 2.68. The SMILES string of the molecule is CC(=N\NC(=S)NCC(F)(F)F)/C(=N/NC(=S)NCC(F)(F)F)c1ccc(CC(F)(F)F)cc1. The number of halogens is 9. The number of alkyl halides is 9. The van der Waals surface area contributed by atoms with Crippen LogP contribution in [0.3, 0.4) is 0 Å². The molecule has 0 fully saturated rings. The van der Waals surface area contributed by atoms with Crippen molar-refractivity contribution in [2.45, 2.75) is 31.9 Å². The number of hydrazone groups is 2. The van der Waals surface area contributed by atoms with Crippen LogP contribution in [-0.2, 0) is 6.42 Å². The Morgan fingerprint density at radius 3 is 1.59 bits per heavy atom. The minimum Gasteiger partial charge on any atom is -0.352 e. The van der Waals surface area contributed by atoms with Crippen LogP contribution >= 0.6 is 24.4 Å². The Morgan fingerprint density at radius 1 is 0.735 bits per heavy atom. The predicted octanol–water partition coefficient (Wildman–Crippen LogP) is 3.92. The lowest BCUT2D eigenvalue weighted by Gasteiger charge is -2.13. The highest BCUT2D eigenvalue weighted by molar-refractivity contribution is 7.80. The minimum absolute atomic E-state index is 0.0362. The van der Waals surface area contributed by atoms with Crippen molar-refractivity contribution < 1.29 is 39.5 Å². The fraction of sp³-hybridized carbons (Fsp3) is 0.412. The topological polar surface area (TPSA) is 72.8 Å². The standard InChI is InChI=1S/C17H17F9N6S2/c1-9(29-31-13(33)27-7-16(21,22)23)12(30-32-14(34)28-8-17(24,25)26)11-4-2-10(3-5-11)6-15(18,19)20/h2-5H,6-8H2,1H3,(H2,27,31,33)(H2,28,32,34)/b29-9+,30-12-. The quantitative estimate of drug-likeness (QED) is 0.182. The van der Waals surface area contributed by atoms with E-state index in [2.05, 4.69) is 45.5 Å². The minimum atomic E-state index is -4.56. The molecule has 0 radical (unpaired) electrons. The van der Waals surface area contributed by atoms with Gasteiger partial charge in [-0.1, -0.05) is 24.3 Å². The molecule has 0 aliphatic heterocycles. The molecule has 4 N–H and O–H groups in total. The number of rotatable bonds is 7. The van der Waals surface area contributed by atoms with E-state index in [1.54, 1.807) is 0 Å². The smallest absolute Gasteiger partial charge is 0.352 e. The van der Waals surface area contributed by atoms with Gasteiger partial charge in [0.1, 0.15) is 18.8 Å². The van der Waals surface area contributed by atoms with Crippen LogP contribution in [0.2, 0.25) is 0 Å². The zero-order valence-electron chi connectivity index (χ0n) is 17.0. The summed E-state index contributed by atoms with van der Waals surface area (Å²) in [5, 5.41) is 10.3. The Morgan fingerprint density at radius 2 is 1.18 bits per heavy atom. The summed E-state index contributed by atoms with van der Waals surface area (Å²) in [5.74, 6) is 0. The summed E-state index contributed by atoms with van der Waals surface area (Å²) in [7, 11) is 0. The second-order valence-corrected chi connectivity index (χ2v) is 7.28. The first kappa shape index (κ1) is 29.3. The van der Waals surface area contributed by atoms with Gasteiger partial charge in [0.25, 0.3) is 0 Å². The third-order valence-corrected chi connectivity index (χ3v) is 3.94. The van der Waals surface area contributed by atoms with E-state index in [4.69, 9.17) is 0 Å². The van der Waals surface area contributed by atoms with E-state index in [-0.39, 0.29) is 22.6 Å². The molecule has 0 heterocycles. The zero-order chi connectivity index (χ0) is 26.2. The lowest BCUT2D eigenvalue weighted by molar-refractivity contribution is -0.127. The summed E-state index contributed by atoms with van der Waals surface area (Å²) in [6.45, 7) is -1.57. The predicted molar refractivity (Wildman–Crippen MR) is 115 cm³/mol. The van der Waals surface area contributed by atoms with Gasteiger partial charge in [0.2, 0.25) is 0 Å². The molecule has 1 rings (SSSR count). The van der Waals surface area contributed by atoms with Gasteiger partial charge in [0.15, 0.2) is 10.2 Å². The molecule has 0 amide bonds. The van der Waals surface area contributed by atoms with Crippen LogP contribution in [0.1, 0.15) is 18.1 Å². The summed E-state index contributed by atoms with van der Waals surface area (Å²) in [5.41, 5.74) is 4.25. The number of hydrogen-bond acceptors (Lipinski definition) is 4. The molecule has 34 heavy (non-hydrogen) atoms. The average molecular weight is 540 g/mol. The maximum atomic E-state index is 12.6. The van der Waals surface area contributed by atoms with Crippen molar-refractivity contribution in [2.75, 3.05) is 13.1 Å². The molecule has 1 aromatic rings. The van der Waals surface area contributed by atoms with Crippen LogP contribution in [0.4, 0.5) is 39.5 Å². The third kappa shape index (κ3) is 13.1. The lowest BCUT2D eigenvalue weighted by atomic mass is 10.0. The molecule has 0 aromatic heterocycles. The molecule has 0 aliphatic carbocycles. The van der Waals surface area contributed by atoms with E-state index in [9.17, 15) is 39.5 Å². The molecule has 0 spiro atoms. The molecule has 0 bridgehead atoms. The van der Waals surface area contributed by atoms with Gasteiger partial charge in [-0.25, -0.2) is 0 Å². The highest BCUT2D eigenvalue weighted by Gasteiger charge is 2.28. The van der Waals surface area contributed by atoms with Crippen LogP contribution in [0.25, 0.3) is 0 Å². The van der Waals surface area contributed by atoms with E-state index in [0.717, 1.165) is 12.1 Å². The first-order valence-electron chi connectivity index (χ1n) is 8.95. The molecule has 0 unspecified atom stereocenters. The molecular formula is C17H17F9N6S2. The normalized spacial score (nSPS) is 13.4.